The van der Waals surface area contributed by atoms with Gasteiger partial charge in [0.2, 0.25) is 11.6 Å². The van der Waals surface area contributed by atoms with Gasteiger partial charge in [-0.2, -0.15) is 0 Å². The molecule has 4 atom stereocenters. The number of hydrogen-bond acceptors (Lipinski definition) is 10. The van der Waals surface area contributed by atoms with Crippen LogP contribution in [0.3, 0.4) is 0 Å². The summed E-state index contributed by atoms with van der Waals surface area (Å²) < 4.78 is 11.1. The molecule has 0 saturated carbocycles. The fourth-order valence-electron chi connectivity index (χ4n) is 5.78. The summed E-state index contributed by atoms with van der Waals surface area (Å²) in [5.74, 6) is -1.04. The number of nitrogens with one attached hydrogen (secondary N) is 3. The number of nitrogens with two attached hydrogens (primary N) is 1. The van der Waals surface area contributed by atoms with Gasteiger partial charge < -0.3 is 36.1 Å². The summed E-state index contributed by atoms with van der Waals surface area (Å²) in [7, 11) is 1.56. The molecule has 0 unspecified atom stereocenters. The predicted octanol–water partition coefficient (Wildman–Crippen LogP) is -1.27. The zero-order valence-corrected chi connectivity index (χ0v) is 24.5. The second-order valence-electron chi connectivity index (χ2n) is 8.94. The molecule has 11 nitrogen and oxygen atoms in total. The molecule has 5 rings (SSSR count). The minimum absolute atomic E-state index is 0. The van der Waals surface area contributed by atoms with E-state index in [9.17, 15) is 14.4 Å². The van der Waals surface area contributed by atoms with Gasteiger partial charge in [-0.1, -0.05) is 0 Å². The summed E-state index contributed by atoms with van der Waals surface area (Å²) in [4.78, 5) is 42.7. The Morgan fingerprint density at radius 2 is 1.91 bits per heavy atom. The molecule has 5 N–H and O–H groups in total. The van der Waals surface area contributed by atoms with Gasteiger partial charge in [0, 0.05) is 70.1 Å². The first-order valence-electron chi connectivity index (χ1n) is 11.1. The Kier molecular flexibility index (Phi) is 9.77. The molecule has 3 fully saturated rings. The van der Waals surface area contributed by atoms with E-state index < -0.39 is 17.7 Å². The van der Waals surface area contributed by atoms with E-state index in [4.69, 9.17) is 15.2 Å². The van der Waals surface area contributed by atoms with Gasteiger partial charge in [-0.25, -0.2) is 4.79 Å². The van der Waals surface area contributed by atoms with Gasteiger partial charge in [0.1, 0.15) is 6.61 Å². The van der Waals surface area contributed by atoms with E-state index in [-0.39, 0.29) is 74.5 Å². The van der Waals surface area contributed by atoms with Crippen LogP contribution in [0, 0.1) is 5.92 Å². The van der Waals surface area contributed by atoms with Crippen molar-refractivity contribution in [1.82, 2.24) is 25.8 Å². The number of piperazine rings is 2. The summed E-state index contributed by atoms with van der Waals surface area (Å²) in [6.45, 7) is 7.25. The fourth-order valence-corrected chi connectivity index (χ4v) is 5.78. The molecule has 14 heteroatoms. The number of hydrogen-bond donors (Lipinski definition) is 4. The number of allylic oxidation sites excluding steroid dienone is 2. The number of carbonyl (C=O) groups is 3. The van der Waals surface area contributed by atoms with Gasteiger partial charge in [-0.15, -0.1) is 24.8 Å². The second kappa shape index (κ2) is 11.4. The van der Waals surface area contributed by atoms with E-state index in [1.807, 2.05) is 4.90 Å². The number of carbonyl (C=O) groups excluding carboxylic acids is 3. The van der Waals surface area contributed by atoms with E-state index in [1.165, 1.54) is 0 Å². The van der Waals surface area contributed by atoms with E-state index in [2.05, 4.69) is 20.9 Å². The summed E-state index contributed by atoms with van der Waals surface area (Å²) >= 11 is 0. The van der Waals surface area contributed by atoms with Crippen molar-refractivity contribution in [2.45, 2.75) is 24.7 Å². The van der Waals surface area contributed by atoms with Gasteiger partial charge in [0.05, 0.1) is 23.4 Å². The Morgan fingerprint density at radius 1 is 1.23 bits per heavy atom. The molecule has 0 aromatic heterocycles. The maximum atomic E-state index is 13.7. The van der Waals surface area contributed by atoms with Crippen LogP contribution in [0.2, 0.25) is 0 Å². The van der Waals surface area contributed by atoms with Crippen LogP contribution < -0.4 is 21.7 Å². The molecule has 0 spiro atoms. The van der Waals surface area contributed by atoms with Crippen LogP contribution in [0.4, 0.5) is 4.79 Å². The number of methoxy groups -OCH3 is 1. The Hall–Kier alpha value is -1.27. The average Bonchev–Trinajstić information content (AvgIpc) is 3.40. The number of halogens is 2. The molecule has 4 aliphatic heterocycles. The van der Waals surface area contributed by atoms with Crippen LogP contribution in [-0.2, 0) is 38.5 Å². The topological polar surface area (TPSA) is 148 Å². The Morgan fingerprint density at radius 3 is 2.54 bits per heavy atom. The molecule has 1 aliphatic carbocycles. The number of amides is 1. The molecule has 0 aromatic carbocycles. The molecule has 1 amide bonds. The number of Topliss-reactive ketones (excluding diaryl/α,β-unsaturated/α-hetero) is 2. The smallest absolute Gasteiger partial charge is 0.449 e. The van der Waals surface area contributed by atoms with Crippen molar-refractivity contribution >= 4 is 42.5 Å². The molecule has 0 aromatic rings. The van der Waals surface area contributed by atoms with Crippen molar-refractivity contribution in [3.63, 3.8) is 0 Å². The van der Waals surface area contributed by atoms with E-state index in [1.54, 1.807) is 14.0 Å². The van der Waals surface area contributed by atoms with Crippen molar-refractivity contribution in [2.75, 3.05) is 59.5 Å². The molecule has 35 heavy (non-hydrogen) atoms. The SMILES string of the molecule is CO[C@@]12[C@H](COC(N)=O)C3=C(C(=O)C(C)=C(NCCN4CCNCC4)C3=O)N1C[C@@H]1N[C@@H]12.Cl.Cl.[Zn+2]. The quantitative estimate of drug-likeness (QED) is 0.162. The van der Waals surface area contributed by atoms with Crippen LogP contribution >= 0.6 is 24.8 Å². The Balaban J connectivity index is 0.00000144. The molecular formula is C21H32Cl2N6O5Zn+2. The maximum Gasteiger partial charge on any atom is 2.00 e. The van der Waals surface area contributed by atoms with Crippen LogP contribution in [0.5, 0.6) is 0 Å². The second-order valence-corrected chi connectivity index (χ2v) is 8.94. The molecular weight excluding hydrogens is 553 g/mol. The minimum Gasteiger partial charge on any atom is -0.449 e. The normalized spacial score (nSPS) is 31.0. The zero-order valence-electron chi connectivity index (χ0n) is 19.9. The van der Waals surface area contributed by atoms with Crippen LogP contribution in [-0.4, -0.2) is 105 Å². The first-order valence-corrected chi connectivity index (χ1v) is 11.1. The average molecular weight is 585 g/mol. The Labute approximate surface area is 229 Å². The molecule has 0 bridgehead atoms. The molecule has 190 valence electrons. The molecule has 3 saturated heterocycles. The first kappa shape index (κ1) is 30.0. The third kappa shape index (κ3) is 4.74. The number of ketones is 2. The third-order valence-electron chi connectivity index (χ3n) is 7.37. The maximum absolute atomic E-state index is 13.7. The summed E-state index contributed by atoms with van der Waals surface area (Å²) in [5, 5.41) is 9.89. The largest absolute Gasteiger partial charge is 2.00 e. The number of rotatable bonds is 7. The number of fused-ring (bicyclic) bond motifs is 4. The standard InChI is InChI=1S/C21H30N6O5.2ClH.Zn/c1-11-15(24-5-8-26-6-3-23-4-7-26)18(29)14-12(10-32-20(22)30)21(31-2)19-13(25-19)9-27(21)16(14)17(11)28;;;/h12-13,19,23-25H,3-10H2,1-2H3,(H2,22,30);2*1H;/q;;;+2/t12-,13+,19+,21-;;;/m1.../s1. The molecule has 0 radical (unpaired) electrons. The van der Waals surface area contributed by atoms with Gasteiger partial charge in [-0.05, 0) is 6.92 Å². The monoisotopic (exact) mass is 582 g/mol. The number of primary amides is 1. The van der Waals surface area contributed by atoms with Crippen LogP contribution in [0.25, 0.3) is 0 Å². The summed E-state index contributed by atoms with van der Waals surface area (Å²) in [5.41, 5.74) is 5.72. The van der Waals surface area contributed by atoms with Crippen molar-refractivity contribution in [3.05, 3.63) is 22.5 Å². The summed E-state index contributed by atoms with van der Waals surface area (Å²) in [6, 6.07) is 0.121. The summed E-state index contributed by atoms with van der Waals surface area (Å²) in [6.07, 6.45) is -0.925. The van der Waals surface area contributed by atoms with Gasteiger partial charge >= 0.3 is 25.6 Å². The fraction of sp³-hybridized carbons (Fsp3) is 0.667. The number of nitrogens with zero attached hydrogens (tertiary/aromatic N) is 2. The van der Waals surface area contributed by atoms with Gasteiger partial charge in [-0.3, -0.25) is 14.5 Å². The van der Waals surface area contributed by atoms with Crippen LogP contribution in [0.1, 0.15) is 6.92 Å². The van der Waals surface area contributed by atoms with E-state index in [0.717, 1.165) is 32.7 Å². The molecule has 4 heterocycles. The minimum atomic E-state index is -0.952. The van der Waals surface area contributed by atoms with E-state index in [0.29, 0.717) is 35.6 Å². The number of ether oxygens (including phenoxy) is 2. The predicted molar refractivity (Wildman–Crippen MR) is 128 cm³/mol. The zero-order chi connectivity index (χ0) is 22.6. The first-order chi connectivity index (χ1) is 15.4. The van der Waals surface area contributed by atoms with Crippen molar-refractivity contribution in [3.8, 4) is 0 Å². The van der Waals surface area contributed by atoms with E-state index >= 15 is 0 Å². The van der Waals surface area contributed by atoms with Crippen molar-refractivity contribution in [2.24, 2.45) is 11.7 Å². The molecule has 5 aliphatic rings. The van der Waals surface area contributed by atoms with Gasteiger partial charge in [0.15, 0.2) is 5.72 Å². The van der Waals surface area contributed by atoms with Crippen molar-refractivity contribution < 1.29 is 43.3 Å². The van der Waals surface area contributed by atoms with Gasteiger partial charge in [0.25, 0.3) is 0 Å². The van der Waals surface area contributed by atoms with Crippen LogP contribution in [0.15, 0.2) is 22.5 Å². The van der Waals surface area contributed by atoms with Crippen molar-refractivity contribution in [1.29, 1.82) is 0 Å². The Bertz CT molecular complexity index is 943. The third-order valence-corrected chi connectivity index (χ3v) is 7.37.